The summed E-state index contributed by atoms with van der Waals surface area (Å²) in [6, 6.07) is 51.5. The quantitative estimate of drug-likeness (QED) is 0.192. The first-order valence-electron chi connectivity index (χ1n) is 17.0. The zero-order valence-electron chi connectivity index (χ0n) is 27.4. The Balaban J connectivity index is 1.25. The maximum absolute atomic E-state index is 6.70. The van der Waals surface area contributed by atoms with Gasteiger partial charge in [-0.05, 0) is 80.9 Å². The maximum Gasteiger partial charge on any atom is 0.131 e. The Morgan fingerprint density at radius 3 is 2.10 bits per heavy atom. The molecule has 0 N–H and O–H groups in total. The lowest BCUT2D eigenvalue weighted by molar-refractivity contribution is 0.353. The van der Waals surface area contributed by atoms with Gasteiger partial charge in [-0.1, -0.05) is 136 Å². The molecule has 0 radical (unpaired) electrons. The molecule has 2 unspecified atom stereocenters. The Kier molecular flexibility index (Phi) is 5.57. The summed E-state index contributed by atoms with van der Waals surface area (Å²) in [5.74, 6) is 2.22. The first kappa shape index (κ1) is 27.5. The molecule has 2 atom stereocenters. The molecule has 2 heteroatoms. The summed E-state index contributed by atoms with van der Waals surface area (Å²) in [6.45, 7) is 6.98. The highest BCUT2D eigenvalue weighted by molar-refractivity contribution is 5.93. The van der Waals surface area contributed by atoms with Crippen LogP contribution in [0.1, 0.15) is 48.6 Å². The molecule has 2 nitrogen and oxygen atoms in total. The molecule has 2 aliphatic carbocycles. The molecule has 2 aliphatic heterocycles. The largest absolute Gasteiger partial charge is 0.460 e. The minimum Gasteiger partial charge on any atom is -0.460 e. The van der Waals surface area contributed by atoms with Gasteiger partial charge in [-0.25, -0.2) is 0 Å². The van der Waals surface area contributed by atoms with Crippen LogP contribution in [-0.2, 0) is 10.8 Å². The van der Waals surface area contributed by atoms with Crippen LogP contribution in [0, 0.1) is 5.92 Å². The Morgan fingerprint density at radius 2 is 1.25 bits per heavy atom. The van der Waals surface area contributed by atoms with Gasteiger partial charge in [0.1, 0.15) is 11.5 Å². The highest BCUT2D eigenvalue weighted by atomic mass is 16.5. The van der Waals surface area contributed by atoms with E-state index in [9.17, 15) is 0 Å². The van der Waals surface area contributed by atoms with Crippen molar-refractivity contribution in [2.24, 2.45) is 5.92 Å². The van der Waals surface area contributed by atoms with Crippen LogP contribution in [-0.4, -0.2) is 0 Å². The Hall–Kier alpha value is -5.60. The van der Waals surface area contributed by atoms with Gasteiger partial charge in [-0.2, -0.15) is 0 Å². The monoisotopic (exact) mass is 617 g/mol. The van der Waals surface area contributed by atoms with E-state index in [0.717, 1.165) is 11.5 Å². The Morgan fingerprint density at radius 1 is 0.562 bits per heavy atom. The molecule has 4 aliphatic rings. The molecular formula is C46H35NO. The minimum absolute atomic E-state index is 0.175. The van der Waals surface area contributed by atoms with E-state index < -0.39 is 5.41 Å². The number of nitrogens with zero attached hydrogens (tertiary/aromatic N) is 1. The van der Waals surface area contributed by atoms with Crippen molar-refractivity contribution in [1.82, 2.24) is 0 Å². The summed E-state index contributed by atoms with van der Waals surface area (Å²) in [5, 5.41) is 0. The van der Waals surface area contributed by atoms with Crippen molar-refractivity contribution >= 4 is 17.1 Å². The van der Waals surface area contributed by atoms with Crippen LogP contribution in [0.2, 0.25) is 0 Å². The zero-order valence-corrected chi connectivity index (χ0v) is 27.4. The van der Waals surface area contributed by atoms with Gasteiger partial charge in [0, 0.05) is 28.2 Å². The second-order valence-electron chi connectivity index (χ2n) is 14.1. The number of hydrogen-bond donors (Lipinski definition) is 0. The molecule has 0 aromatic heterocycles. The number of hydrogen-bond acceptors (Lipinski definition) is 2. The lowest BCUT2D eigenvalue weighted by atomic mass is 9.66. The van der Waals surface area contributed by atoms with E-state index in [1.165, 1.54) is 72.7 Å². The number of ether oxygens (including phenoxy) is 1. The summed E-state index contributed by atoms with van der Waals surface area (Å²) >= 11 is 0. The van der Waals surface area contributed by atoms with Gasteiger partial charge in [0.15, 0.2) is 0 Å². The average Bonchev–Trinajstić information content (AvgIpc) is 3.64. The van der Waals surface area contributed by atoms with E-state index in [-0.39, 0.29) is 11.3 Å². The second kappa shape index (κ2) is 9.71. The maximum atomic E-state index is 6.70. The molecule has 48 heavy (non-hydrogen) atoms. The van der Waals surface area contributed by atoms with E-state index in [2.05, 4.69) is 177 Å². The highest BCUT2D eigenvalue weighted by Gasteiger charge is 2.53. The third kappa shape index (κ3) is 3.47. The zero-order chi connectivity index (χ0) is 32.2. The van der Waals surface area contributed by atoms with Gasteiger partial charge >= 0.3 is 0 Å². The van der Waals surface area contributed by atoms with Crippen LogP contribution in [0.15, 0.2) is 163 Å². The molecule has 1 spiro atoms. The van der Waals surface area contributed by atoms with Crippen LogP contribution in [0.5, 0.6) is 5.75 Å². The molecule has 0 bridgehead atoms. The normalized spacial score (nSPS) is 20.4. The predicted octanol–water partition coefficient (Wildman–Crippen LogP) is 11.6. The predicted molar refractivity (Wildman–Crippen MR) is 196 cm³/mol. The van der Waals surface area contributed by atoms with Crippen LogP contribution >= 0.6 is 0 Å². The molecule has 0 saturated heterocycles. The van der Waals surface area contributed by atoms with E-state index in [4.69, 9.17) is 4.74 Å². The molecule has 0 saturated carbocycles. The van der Waals surface area contributed by atoms with Gasteiger partial charge in [-0.3, -0.25) is 0 Å². The van der Waals surface area contributed by atoms with Gasteiger partial charge in [0.05, 0.1) is 16.8 Å². The van der Waals surface area contributed by atoms with Crippen LogP contribution in [0.3, 0.4) is 0 Å². The number of anilines is 3. The molecule has 0 amide bonds. The van der Waals surface area contributed by atoms with E-state index in [1.54, 1.807) is 0 Å². The van der Waals surface area contributed by atoms with Gasteiger partial charge in [0.2, 0.25) is 0 Å². The van der Waals surface area contributed by atoms with Gasteiger partial charge in [0.25, 0.3) is 0 Å². The Labute approximate surface area is 282 Å². The lowest BCUT2D eigenvalue weighted by Crippen LogP contribution is -2.34. The van der Waals surface area contributed by atoms with E-state index >= 15 is 0 Å². The van der Waals surface area contributed by atoms with Gasteiger partial charge in [-0.15, -0.1) is 0 Å². The summed E-state index contributed by atoms with van der Waals surface area (Å²) in [5.41, 5.74) is 15.8. The highest BCUT2D eigenvalue weighted by Crippen LogP contribution is 2.63. The fourth-order valence-electron chi connectivity index (χ4n) is 9.02. The number of fused-ring (bicyclic) bond motifs is 10. The molecule has 6 aromatic rings. The summed E-state index contributed by atoms with van der Waals surface area (Å²) < 4.78 is 6.70. The van der Waals surface area contributed by atoms with Crippen molar-refractivity contribution in [2.75, 3.05) is 4.90 Å². The molecule has 6 aromatic carbocycles. The number of benzene rings is 6. The van der Waals surface area contributed by atoms with Crippen LogP contribution < -0.4 is 9.64 Å². The minimum atomic E-state index is -0.470. The van der Waals surface area contributed by atoms with Gasteiger partial charge < -0.3 is 9.64 Å². The molecular weight excluding hydrogens is 583 g/mol. The van der Waals surface area contributed by atoms with Crippen molar-refractivity contribution in [2.45, 2.75) is 31.6 Å². The summed E-state index contributed by atoms with van der Waals surface area (Å²) in [4.78, 5) is 2.50. The molecule has 0 fully saturated rings. The summed E-state index contributed by atoms with van der Waals surface area (Å²) in [6.07, 6.45) is 4.62. The van der Waals surface area contributed by atoms with Crippen molar-refractivity contribution in [1.29, 1.82) is 0 Å². The van der Waals surface area contributed by atoms with Crippen molar-refractivity contribution in [3.63, 3.8) is 0 Å². The van der Waals surface area contributed by atoms with E-state index in [0.29, 0.717) is 0 Å². The SMILES string of the molecule is CC1C=CC2=C1Oc1ccccc1C21c2ccccc2-c2ccc(N3c4ccccc4C(C)(C)c4cc(-c5ccccc5)ccc43)cc21. The van der Waals surface area contributed by atoms with Crippen LogP contribution in [0.4, 0.5) is 17.1 Å². The Bertz CT molecular complexity index is 2380. The number of allylic oxidation sites excluding steroid dienone is 3. The fraction of sp³-hybridized carbons (Fsp3) is 0.130. The van der Waals surface area contributed by atoms with Crippen molar-refractivity contribution in [3.8, 4) is 28.0 Å². The summed E-state index contributed by atoms with van der Waals surface area (Å²) in [7, 11) is 0. The lowest BCUT2D eigenvalue weighted by Gasteiger charge is -2.43. The fourth-order valence-corrected chi connectivity index (χ4v) is 9.02. The molecule has 2 heterocycles. The first-order chi connectivity index (χ1) is 23.5. The third-order valence-electron chi connectivity index (χ3n) is 11.3. The number of rotatable bonds is 2. The molecule has 10 rings (SSSR count). The first-order valence-corrected chi connectivity index (χ1v) is 17.0. The second-order valence-corrected chi connectivity index (χ2v) is 14.1. The van der Waals surface area contributed by atoms with Crippen molar-refractivity contribution in [3.05, 3.63) is 191 Å². The molecule has 230 valence electrons. The van der Waals surface area contributed by atoms with E-state index in [1.807, 2.05) is 0 Å². The average molecular weight is 618 g/mol. The standard InChI is InChI=1S/C46H35NO/c1-29-21-25-38-44(29)48-43-20-12-10-18-37(43)46(38)35-16-8-7-15-33(35)34-24-23-32(28-39(34)46)47-41-19-11-9-17-36(41)45(2,3)40-27-31(22-26-42(40)47)30-13-5-4-6-14-30/h4-29H,1-3H3. The van der Waals surface area contributed by atoms with Crippen LogP contribution in [0.25, 0.3) is 22.3 Å². The number of para-hydroxylation sites is 2. The topological polar surface area (TPSA) is 12.5 Å². The van der Waals surface area contributed by atoms with Crippen molar-refractivity contribution < 1.29 is 4.74 Å². The third-order valence-corrected chi connectivity index (χ3v) is 11.3. The smallest absolute Gasteiger partial charge is 0.131 e.